The summed E-state index contributed by atoms with van der Waals surface area (Å²) in [7, 11) is 3.97. The van der Waals surface area contributed by atoms with Crippen molar-refractivity contribution in [2.24, 2.45) is 0 Å². The van der Waals surface area contributed by atoms with Gasteiger partial charge < -0.3 is 14.7 Å². The van der Waals surface area contributed by atoms with Crippen molar-refractivity contribution >= 4 is 17.3 Å². The summed E-state index contributed by atoms with van der Waals surface area (Å²) < 4.78 is 0. The van der Waals surface area contributed by atoms with Gasteiger partial charge in [-0.3, -0.25) is 9.89 Å². The number of carbonyl (C=O) groups excluding carboxylic acids is 1. The predicted octanol–water partition coefficient (Wildman–Crippen LogP) is 2.05. The van der Waals surface area contributed by atoms with E-state index in [1.807, 2.05) is 62.0 Å². The van der Waals surface area contributed by atoms with Crippen LogP contribution in [0.1, 0.15) is 21.7 Å². The Kier molecular flexibility index (Phi) is 4.46. The van der Waals surface area contributed by atoms with Gasteiger partial charge in [0.15, 0.2) is 0 Å². The maximum Gasteiger partial charge on any atom is 0.254 e. The third-order valence-electron chi connectivity index (χ3n) is 4.58. The van der Waals surface area contributed by atoms with E-state index in [1.165, 1.54) is 5.69 Å². The quantitative estimate of drug-likeness (QED) is 0.937. The zero-order valence-corrected chi connectivity index (χ0v) is 14.8. The number of nitrogens with zero attached hydrogens (tertiary/aromatic N) is 4. The lowest BCUT2D eigenvalue weighted by molar-refractivity contribution is 0.0747. The van der Waals surface area contributed by atoms with Crippen LogP contribution in [0.2, 0.25) is 0 Å². The summed E-state index contributed by atoms with van der Waals surface area (Å²) in [5.74, 6) is 0.110. The Balaban J connectivity index is 1.68. The lowest BCUT2D eigenvalue weighted by Gasteiger charge is -2.36. The van der Waals surface area contributed by atoms with Crippen LogP contribution in [0.5, 0.6) is 0 Å². The van der Waals surface area contributed by atoms with Gasteiger partial charge in [-0.15, -0.1) is 0 Å². The maximum atomic E-state index is 12.8. The number of hydrogen-bond donors (Lipinski definition) is 1. The van der Waals surface area contributed by atoms with Gasteiger partial charge in [-0.2, -0.15) is 5.10 Å². The van der Waals surface area contributed by atoms with Gasteiger partial charge in [0.05, 0.1) is 17.1 Å². The second kappa shape index (κ2) is 6.55. The molecule has 1 N–H and O–H groups in total. The molecule has 128 valence electrons. The van der Waals surface area contributed by atoms with E-state index in [2.05, 4.69) is 15.1 Å². The number of anilines is 2. The second-order valence-corrected chi connectivity index (χ2v) is 6.51. The summed E-state index contributed by atoms with van der Waals surface area (Å²) in [6, 6.07) is 7.81. The van der Waals surface area contributed by atoms with Crippen molar-refractivity contribution in [2.45, 2.75) is 13.8 Å². The van der Waals surface area contributed by atoms with Gasteiger partial charge in [-0.05, 0) is 32.0 Å². The van der Waals surface area contributed by atoms with Crippen LogP contribution in [0.4, 0.5) is 11.4 Å². The first-order valence-electron chi connectivity index (χ1n) is 8.30. The predicted molar refractivity (Wildman–Crippen MR) is 96.9 cm³/mol. The highest BCUT2D eigenvalue weighted by molar-refractivity contribution is 5.95. The van der Waals surface area contributed by atoms with Crippen LogP contribution < -0.4 is 9.80 Å². The second-order valence-electron chi connectivity index (χ2n) is 6.51. The number of hydrogen-bond acceptors (Lipinski definition) is 4. The Morgan fingerprint density at radius 1 is 1.17 bits per heavy atom. The van der Waals surface area contributed by atoms with Gasteiger partial charge >= 0.3 is 0 Å². The Labute approximate surface area is 143 Å². The maximum absolute atomic E-state index is 12.8. The molecular weight excluding hydrogens is 302 g/mol. The van der Waals surface area contributed by atoms with Crippen molar-refractivity contribution in [3.05, 3.63) is 41.2 Å². The largest absolute Gasteiger partial charge is 0.378 e. The molecule has 1 saturated heterocycles. The zero-order chi connectivity index (χ0) is 17.3. The highest BCUT2D eigenvalue weighted by Crippen LogP contribution is 2.24. The molecule has 0 aliphatic carbocycles. The van der Waals surface area contributed by atoms with E-state index in [4.69, 9.17) is 0 Å². The molecule has 0 bridgehead atoms. The average molecular weight is 327 g/mol. The summed E-state index contributed by atoms with van der Waals surface area (Å²) >= 11 is 0. The van der Waals surface area contributed by atoms with Crippen molar-refractivity contribution in [2.75, 3.05) is 50.1 Å². The van der Waals surface area contributed by atoms with E-state index in [9.17, 15) is 4.79 Å². The number of aromatic nitrogens is 2. The fourth-order valence-electron chi connectivity index (χ4n) is 3.24. The normalized spacial score (nSPS) is 14.8. The first kappa shape index (κ1) is 16.4. The van der Waals surface area contributed by atoms with Gasteiger partial charge in [0.2, 0.25) is 0 Å². The number of nitrogens with one attached hydrogen (secondary N) is 1. The third kappa shape index (κ3) is 3.09. The number of carbonyl (C=O) groups is 1. The van der Waals surface area contributed by atoms with Gasteiger partial charge in [0, 0.05) is 51.5 Å². The number of aromatic amines is 1. The SMILES string of the molecule is Cc1n[nH]c(C)c1N1CCN(C(=O)c2cccc(N(C)C)c2)CC1. The Hall–Kier alpha value is -2.50. The highest BCUT2D eigenvalue weighted by atomic mass is 16.2. The fraction of sp³-hybridized carbons (Fsp3) is 0.444. The smallest absolute Gasteiger partial charge is 0.254 e. The zero-order valence-electron chi connectivity index (χ0n) is 14.8. The van der Waals surface area contributed by atoms with Gasteiger partial charge in [-0.1, -0.05) is 6.07 Å². The van der Waals surface area contributed by atoms with Gasteiger partial charge in [0.1, 0.15) is 0 Å². The van der Waals surface area contributed by atoms with Crippen molar-refractivity contribution in [1.82, 2.24) is 15.1 Å². The standard InChI is InChI=1S/C18H25N5O/c1-13-17(14(2)20-19-13)22-8-10-23(11-9-22)18(24)15-6-5-7-16(12-15)21(3)4/h5-7,12H,8-11H2,1-4H3,(H,19,20). The van der Waals surface area contributed by atoms with Crippen LogP contribution >= 0.6 is 0 Å². The van der Waals surface area contributed by atoms with Crippen LogP contribution in [-0.2, 0) is 0 Å². The lowest BCUT2D eigenvalue weighted by atomic mass is 10.1. The molecule has 3 rings (SSSR count). The summed E-state index contributed by atoms with van der Waals surface area (Å²) in [4.78, 5) is 19.0. The molecule has 6 nitrogen and oxygen atoms in total. The van der Waals surface area contributed by atoms with Crippen LogP contribution in [0.3, 0.4) is 0 Å². The van der Waals surface area contributed by atoms with E-state index >= 15 is 0 Å². The molecule has 6 heteroatoms. The first-order chi connectivity index (χ1) is 11.5. The van der Waals surface area contributed by atoms with Crippen LogP contribution in [-0.4, -0.2) is 61.3 Å². The Bertz CT molecular complexity index is 709. The number of piperazine rings is 1. The molecule has 0 atom stereocenters. The van der Waals surface area contributed by atoms with Crippen molar-refractivity contribution in [1.29, 1.82) is 0 Å². The Morgan fingerprint density at radius 2 is 1.88 bits per heavy atom. The minimum absolute atomic E-state index is 0.110. The van der Waals surface area contributed by atoms with Gasteiger partial charge in [0.25, 0.3) is 5.91 Å². The van der Waals surface area contributed by atoms with E-state index in [1.54, 1.807) is 0 Å². The summed E-state index contributed by atoms with van der Waals surface area (Å²) in [5, 5.41) is 7.30. The molecule has 1 aliphatic rings. The lowest BCUT2D eigenvalue weighted by Crippen LogP contribution is -2.49. The van der Waals surface area contributed by atoms with E-state index in [0.29, 0.717) is 0 Å². The van der Waals surface area contributed by atoms with E-state index in [-0.39, 0.29) is 5.91 Å². The van der Waals surface area contributed by atoms with Crippen molar-refractivity contribution < 1.29 is 4.79 Å². The molecule has 0 spiro atoms. The molecule has 1 fully saturated rings. The number of rotatable bonds is 3. The molecule has 24 heavy (non-hydrogen) atoms. The minimum Gasteiger partial charge on any atom is -0.378 e. The molecule has 0 saturated carbocycles. The molecule has 2 aromatic rings. The summed E-state index contributed by atoms with van der Waals surface area (Å²) in [6.07, 6.45) is 0. The van der Waals surface area contributed by atoms with Gasteiger partial charge in [-0.25, -0.2) is 0 Å². The molecule has 1 amide bonds. The number of H-pyrrole nitrogens is 1. The van der Waals surface area contributed by atoms with Crippen molar-refractivity contribution in [3.63, 3.8) is 0 Å². The number of aryl methyl sites for hydroxylation is 2. The topological polar surface area (TPSA) is 55.5 Å². The molecule has 0 unspecified atom stereocenters. The first-order valence-corrected chi connectivity index (χ1v) is 8.30. The monoisotopic (exact) mass is 327 g/mol. The fourth-order valence-corrected chi connectivity index (χ4v) is 3.24. The molecular formula is C18H25N5O. The summed E-state index contributed by atoms with van der Waals surface area (Å²) in [5.41, 5.74) is 5.09. The Morgan fingerprint density at radius 3 is 2.46 bits per heavy atom. The molecule has 1 aromatic heterocycles. The summed E-state index contributed by atoms with van der Waals surface area (Å²) in [6.45, 7) is 7.19. The van der Waals surface area contributed by atoms with Crippen LogP contribution in [0.25, 0.3) is 0 Å². The molecule has 1 aliphatic heterocycles. The van der Waals surface area contributed by atoms with Crippen LogP contribution in [0, 0.1) is 13.8 Å². The minimum atomic E-state index is 0.110. The van der Waals surface area contributed by atoms with E-state index in [0.717, 1.165) is 48.8 Å². The van der Waals surface area contributed by atoms with Crippen molar-refractivity contribution in [3.8, 4) is 0 Å². The number of benzene rings is 1. The molecule has 1 aromatic carbocycles. The average Bonchev–Trinajstić information content (AvgIpc) is 2.93. The molecule has 0 radical (unpaired) electrons. The number of amides is 1. The highest BCUT2D eigenvalue weighted by Gasteiger charge is 2.24. The van der Waals surface area contributed by atoms with Crippen LogP contribution in [0.15, 0.2) is 24.3 Å². The third-order valence-corrected chi connectivity index (χ3v) is 4.58. The van der Waals surface area contributed by atoms with E-state index < -0.39 is 0 Å². The molecule has 2 heterocycles.